The van der Waals surface area contributed by atoms with Crippen molar-refractivity contribution in [3.8, 4) is 11.8 Å². The maximum Gasteiger partial charge on any atom is 0.303 e. The molecular weight excluding hydrogens is 328 g/mol. The molecule has 1 unspecified atom stereocenters. The standard InChI is InChI=1S/C22H32O4/c1-22-13-12-20(24)17(10-11-19(23)15-6-3-2-4-7-15)18(22)14-16(22)8-5-9-21(25)26/h8,15,17-20,23-24H,2-7,9,12-14H2,1H3,(H,25,26)/t17-,18-,19?,20-,22-/m0/s1. The first-order valence-electron chi connectivity index (χ1n) is 10.2. The number of hydrogen-bond donors (Lipinski definition) is 3. The van der Waals surface area contributed by atoms with Gasteiger partial charge in [-0.3, -0.25) is 4.79 Å². The van der Waals surface area contributed by atoms with E-state index in [2.05, 4.69) is 24.8 Å². The summed E-state index contributed by atoms with van der Waals surface area (Å²) in [5.74, 6) is 6.08. The lowest BCUT2D eigenvalue weighted by molar-refractivity contribution is -0.136. The van der Waals surface area contributed by atoms with Crippen molar-refractivity contribution in [2.75, 3.05) is 0 Å². The Labute approximate surface area is 156 Å². The largest absolute Gasteiger partial charge is 0.481 e. The van der Waals surface area contributed by atoms with Gasteiger partial charge >= 0.3 is 5.97 Å². The van der Waals surface area contributed by atoms with Crippen molar-refractivity contribution in [1.29, 1.82) is 0 Å². The molecule has 0 bridgehead atoms. The molecule has 3 saturated carbocycles. The van der Waals surface area contributed by atoms with Gasteiger partial charge in [0.05, 0.1) is 12.0 Å². The highest BCUT2D eigenvalue weighted by molar-refractivity contribution is 5.66. The zero-order valence-corrected chi connectivity index (χ0v) is 15.8. The number of aliphatic hydroxyl groups is 2. The monoisotopic (exact) mass is 360 g/mol. The van der Waals surface area contributed by atoms with Gasteiger partial charge < -0.3 is 15.3 Å². The summed E-state index contributed by atoms with van der Waals surface area (Å²) in [4.78, 5) is 10.7. The van der Waals surface area contributed by atoms with E-state index in [1.165, 1.54) is 24.8 Å². The summed E-state index contributed by atoms with van der Waals surface area (Å²) in [6.07, 6.45) is 10.1. The minimum absolute atomic E-state index is 0.0346. The Hall–Kier alpha value is -1.31. The Balaban J connectivity index is 1.65. The van der Waals surface area contributed by atoms with E-state index in [1.54, 1.807) is 0 Å². The number of rotatable bonds is 4. The highest BCUT2D eigenvalue weighted by Gasteiger charge is 2.54. The van der Waals surface area contributed by atoms with Crippen molar-refractivity contribution >= 4 is 5.97 Å². The number of aliphatic carboxylic acids is 1. The highest BCUT2D eigenvalue weighted by Crippen LogP contribution is 2.60. The number of carboxylic acids is 1. The van der Waals surface area contributed by atoms with E-state index in [4.69, 9.17) is 5.11 Å². The average Bonchev–Trinajstić information content (AvgIpc) is 2.63. The molecule has 5 atom stereocenters. The van der Waals surface area contributed by atoms with E-state index in [0.29, 0.717) is 12.3 Å². The number of carbonyl (C=O) groups is 1. The maximum absolute atomic E-state index is 10.7. The lowest BCUT2D eigenvalue weighted by Crippen LogP contribution is -2.51. The fourth-order valence-corrected chi connectivity index (χ4v) is 5.20. The van der Waals surface area contributed by atoms with Crippen LogP contribution in [0.15, 0.2) is 11.6 Å². The number of carboxylic acid groups (broad SMARTS) is 1. The van der Waals surface area contributed by atoms with Gasteiger partial charge in [0.1, 0.15) is 6.10 Å². The minimum atomic E-state index is -0.762. The smallest absolute Gasteiger partial charge is 0.303 e. The van der Waals surface area contributed by atoms with Crippen LogP contribution in [0.5, 0.6) is 0 Å². The Kier molecular flexibility index (Phi) is 6.10. The summed E-state index contributed by atoms with van der Waals surface area (Å²) in [5.41, 5.74) is 1.36. The number of allylic oxidation sites excluding steroid dienone is 2. The highest BCUT2D eigenvalue weighted by atomic mass is 16.4. The van der Waals surface area contributed by atoms with Crippen LogP contribution in [0.4, 0.5) is 0 Å². The van der Waals surface area contributed by atoms with Crippen LogP contribution < -0.4 is 0 Å². The molecular formula is C22H32O4. The Morgan fingerprint density at radius 1 is 1.31 bits per heavy atom. The second-order valence-electron chi connectivity index (χ2n) is 8.65. The van der Waals surface area contributed by atoms with Crippen LogP contribution in [0.3, 0.4) is 0 Å². The molecule has 4 heteroatoms. The molecule has 0 saturated heterocycles. The van der Waals surface area contributed by atoms with Gasteiger partial charge in [-0.2, -0.15) is 0 Å². The second-order valence-corrected chi connectivity index (χ2v) is 8.65. The molecule has 0 heterocycles. The molecule has 0 aromatic heterocycles. The summed E-state index contributed by atoms with van der Waals surface area (Å²) < 4.78 is 0. The van der Waals surface area contributed by atoms with Crippen molar-refractivity contribution in [3.05, 3.63) is 11.6 Å². The van der Waals surface area contributed by atoms with Gasteiger partial charge in [0.25, 0.3) is 0 Å². The third kappa shape index (κ3) is 4.00. The van der Waals surface area contributed by atoms with Crippen LogP contribution in [0.1, 0.15) is 71.1 Å². The van der Waals surface area contributed by atoms with Crippen LogP contribution in [-0.2, 0) is 4.79 Å². The third-order valence-corrected chi connectivity index (χ3v) is 7.04. The molecule has 0 amide bonds. The molecule has 0 aromatic carbocycles. The molecule has 0 aromatic rings. The minimum Gasteiger partial charge on any atom is -0.481 e. The second kappa shape index (κ2) is 8.15. The van der Waals surface area contributed by atoms with Crippen LogP contribution in [0, 0.1) is 35.0 Å². The fraction of sp³-hybridized carbons (Fsp3) is 0.773. The lowest BCUT2D eigenvalue weighted by Gasteiger charge is -2.57. The molecule has 3 rings (SSSR count). The van der Waals surface area contributed by atoms with Crippen molar-refractivity contribution in [2.24, 2.45) is 23.2 Å². The molecule has 144 valence electrons. The van der Waals surface area contributed by atoms with E-state index >= 15 is 0 Å². The summed E-state index contributed by atoms with van der Waals surface area (Å²) >= 11 is 0. The summed E-state index contributed by atoms with van der Waals surface area (Å²) in [7, 11) is 0. The first-order chi connectivity index (χ1) is 12.4. The SMILES string of the molecule is C[C@@]12CC[C@H](O)[C@@H](C#CC(O)C3CCCCC3)[C@@H]1CC2=CCCC(=O)O. The van der Waals surface area contributed by atoms with Gasteiger partial charge in [0.2, 0.25) is 0 Å². The van der Waals surface area contributed by atoms with E-state index in [1.807, 2.05) is 0 Å². The number of hydrogen-bond acceptors (Lipinski definition) is 3. The van der Waals surface area contributed by atoms with Crippen molar-refractivity contribution in [2.45, 2.75) is 83.3 Å². The zero-order valence-electron chi connectivity index (χ0n) is 15.8. The third-order valence-electron chi connectivity index (χ3n) is 7.04. The maximum atomic E-state index is 10.7. The Bertz CT molecular complexity index is 607. The topological polar surface area (TPSA) is 77.8 Å². The number of fused-ring (bicyclic) bond motifs is 1. The molecule has 0 spiro atoms. The predicted molar refractivity (Wildman–Crippen MR) is 100 cm³/mol. The fourth-order valence-electron chi connectivity index (χ4n) is 5.20. The van der Waals surface area contributed by atoms with Crippen molar-refractivity contribution in [1.82, 2.24) is 0 Å². The first-order valence-corrected chi connectivity index (χ1v) is 10.2. The summed E-state index contributed by atoms with van der Waals surface area (Å²) in [5, 5.41) is 29.7. The molecule has 26 heavy (non-hydrogen) atoms. The Morgan fingerprint density at radius 2 is 2.04 bits per heavy atom. The van der Waals surface area contributed by atoms with Gasteiger partial charge in [-0.25, -0.2) is 0 Å². The predicted octanol–water partition coefficient (Wildman–Crippen LogP) is 3.52. The Morgan fingerprint density at radius 3 is 2.73 bits per heavy atom. The molecule has 3 fully saturated rings. The van der Waals surface area contributed by atoms with Gasteiger partial charge in [0.15, 0.2) is 0 Å². The lowest BCUT2D eigenvalue weighted by atomic mass is 9.48. The normalized spacial score (nSPS) is 37.2. The summed E-state index contributed by atoms with van der Waals surface area (Å²) in [6, 6.07) is 0. The molecule has 3 aliphatic carbocycles. The zero-order chi connectivity index (χ0) is 18.7. The van der Waals surface area contributed by atoms with Gasteiger partial charge in [-0.15, -0.1) is 0 Å². The molecule has 4 nitrogen and oxygen atoms in total. The molecule has 0 radical (unpaired) electrons. The van der Waals surface area contributed by atoms with Crippen LogP contribution >= 0.6 is 0 Å². The van der Waals surface area contributed by atoms with Crippen LogP contribution in [-0.4, -0.2) is 33.5 Å². The molecule has 0 aliphatic heterocycles. The van der Waals surface area contributed by atoms with Gasteiger partial charge in [-0.1, -0.05) is 49.7 Å². The van der Waals surface area contributed by atoms with Crippen LogP contribution in [0.2, 0.25) is 0 Å². The van der Waals surface area contributed by atoms with Crippen LogP contribution in [0.25, 0.3) is 0 Å². The van der Waals surface area contributed by atoms with Crippen molar-refractivity contribution in [3.63, 3.8) is 0 Å². The molecule has 3 N–H and O–H groups in total. The van der Waals surface area contributed by atoms with E-state index in [0.717, 1.165) is 32.1 Å². The van der Waals surface area contributed by atoms with E-state index < -0.39 is 18.2 Å². The van der Waals surface area contributed by atoms with E-state index in [-0.39, 0.29) is 23.7 Å². The first kappa shape index (κ1) is 19.5. The van der Waals surface area contributed by atoms with E-state index in [9.17, 15) is 15.0 Å². The average molecular weight is 360 g/mol. The molecule has 3 aliphatic rings. The van der Waals surface area contributed by atoms with Gasteiger partial charge in [-0.05, 0) is 55.8 Å². The summed E-state index contributed by atoms with van der Waals surface area (Å²) in [6.45, 7) is 2.23. The number of aliphatic hydroxyl groups excluding tert-OH is 2. The quantitative estimate of drug-likeness (QED) is 0.529. The van der Waals surface area contributed by atoms with Gasteiger partial charge in [0, 0.05) is 6.42 Å². The van der Waals surface area contributed by atoms with Crippen molar-refractivity contribution < 1.29 is 20.1 Å².